The molecule has 0 aliphatic carbocycles. The Bertz CT molecular complexity index is 2050. The third kappa shape index (κ3) is 10.7. The zero-order valence-corrected chi connectivity index (χ0v) is 34.4. The molecule has 0 saturated carbocycles. The number of nitrogens with one attached hydrogen (secondary N) is 3. The van der Waals surface area contributed by atoms with E-state index in [4.69, 9.17) is 42.1 Å². The van der Waals surface area contributed by atoms with E-state index in [0.717, 1.165) is 6.07 Å². The third-order valence-electron chi connectivity index (χ3n) is 9.07. The monoisotopic (exact) mass is 830 g/mol. The van der Waals surface area contributed by atoms with E-state index in [2.05, 4.69) is 22.0 Å². The number of nitrogens with zero attached hydrogens (tertiary/aromatic N) is 1. The first-order valence-electron chi connectivity index (χ1n) is 18.0. The average molecular weight is 832 g/mol. The lowest BCUT2D eigenvalue weighted by Crippen LogP contribution is -2.45. The summed E-state index contributed by atoms with van der Waals surface area (Å²) in [5.74, 6) is -5.21. The second-order valence-corrected chi connectivity index (χ2v) is 16.6. The molecule has 0 spiro atoms. The van der Waals surface area contributed by atoms with Crippen LogP contribution >= 0.6 is 23.2 Å². The van der Waals surface area contributed by atoms with Gasteiger partial charge in [0.05, 0.1) is 35.5 Å². The Kier molecular flexibility index (Phi) is 14.2. The van der Waals surface area contributed by atoms with Crippen LogP contribution in [0.15, 0.2) is 54.6 Å². The van der Waals surface area contributed by atoms with Gasteiger partial charge in [-0.05, 0) is 81.5 Å². The molecule has 5 atom stereocenters. The molecule has 57 heavy (non-hydrogen) atoms. The van der Waals surface area contributed by atoms with Gasteiger partial charge in [0, 0.05) is 22.5 Å². The van der Waals surface area contributed by atoms with Gasteiger partial charge in [-0.25, -0.2) is 23.2 Å². The zero-order valence-electron chi connectivity index (χ0n) is 32.9. The minimum Gasteiger partial charge on any atom is -0.495 e. The van der Waals surface area contributed by atoms with E-state index in [9.17, 15) is 24.4 Å². The van der Waals surface area contributed by atoms with Gasteiger partial charge in [0.1, 0.15) is 47.7 Å². The highest BCUT2D eigenvalue weighted by atomic mass is 35.5. The van der Waals surface area contributed by atoms with Crippen LogP contribution in [0.4, 0.5) is 19.3 Å². The summed E-state index contributed by atoms with van der Waals surface area (Å²) in [4.78, 5) is 51.5. The Hall–Kier alpha value is -4.97. The Morgan fingerprint density at radius 2 is 1.67 bits per heavy atom. The molecule has 3 aromatic rings. The number of benzene rings is 3. The molecule has 2 amide bonds. The Morgan fingerprint density at radius 3 is 2.28 bits per heavy atom. The van der Waals surface area contributed by atoms with Crippen molar-refractivity contribution in [3.63, 3.8) is 0 Å². The van der Waals surface area contributed by atoms with Crippen molar-refractivity contribution < 1.29 is 46.9 Å². The summed E-state index contributed by atoms with van der Waals surface area (Å²) < 4.78 is 52.9. The molecule has 12 nitrogen and oxygen atoms in total. The summed E-state index contributed by atoms with van der Waals surface area (Å²) in [6.45, 7) is 11.6. The standard InChI is InChI=1S/C41H46Cl2F2N4O8/c1-22(47-38(53)57-40(5,6)7)36(51)55-16-17-56-37(52)23-12-15-29(30(18-23)54-8)48-35(50)34-32(25-10-9-11-27(43)33(25)45)41(21-46,31(49-34)20-39(2,3)4)26-14-13-24(42)19-28(26)44/h9-15,18-19,22,31-32,34,49H,16-17,20H2,1-8H3,(H,47,53)(H,48,50)/t22?,31-,32-,34+,41-/m0/s1. The van der Waals surface area contributed by atoms with E-state index in [1.54, 1.807) is 20.8 Å². The molecule has 0 aromatic heterocycles. The number of methoxy groups -OCH3 is 1. The van der Waals surface area contributed by atoms with Crippen LogP contribution < -0.4 is 20.7 Å². The van der Waals surface area contributed by atoms with Gasteiger partial charge in [-0.3, -0.25) is 4.79 Å². The van der Waals surface area contributed by atoms with Crippen LogP contribution in [-0.4, -0.2) is 68.0 Å². The van der Waals surface area contributed by atoms with Gasteiger partial charge in [-0.15, -0.1) is 0 Å². The maximum absolute atomic E-state index is 16.0. The molecule has 1 aliphatic heterocycles. The van der Waals surface area contributed by atoms with Crippen LogP contribution in [0, 0.1) is 28.4 Å². The number of halogens is 4. The number of carbonyl (C=O) groups excluding carboxylic acids is 4. The minimum atomic E-state index is -1.84. The SMILES string of the molecule is COc1cc(C(=O)OCCOC(=O)C(C)NC(=O)OC(C)(C)C)ccc1NC(=O)[C@@H]1N[C@@H](CC(C)(C)C)[C@](C#N)(c2ccc(Cl)cc2F)[C@H]1c1cccc(Cl)c1F. The number of rotatable bonds is 12. The van der Waals surface area contributed by atoms with E-state index < -0.39 is 76.0 Å². The van der Waals surface area contributed by atoms with Crippen LogP contribution in [0.3, 0.4) is 0 Å². The van der Waals surface area contributed by atoms with Crippen LogP contribution in [0.5, 0.6) is 5.75 Å². The van der Waals surface area contributed by atoms with Gasteiger partial charge in [0.15, 0.2) is 0 Å². The predicted molar refractivity (Wildman–Crippen MR) is 209 cm³/mol. The second-order valence-electron chi connectivity index (χ2n) is 15.8. The number of alkyl carbamates (subject to hydrolysis) is 1. The Morgan fingerprint density at radius 1 is 0.982 bits per heavy atom. The normalized spacial score (nSPS) is 19.8. The van der Waals surface area contributed by atoms with Crippen LogP contribution in [0.2, 0.25) is 10.0 Å². The number of hydrogen-bond acceptors (Lipinski definition) is 10. The number of ether oxygens (including phenoxy) is 4. The summed E-state index contributed by atoms with van der Waals surface area (Å²) in [7, 11) is 1.31. The topological polar surface area (TPSA) is 165 Å². The van der Waals surface area contributed by atoms with Crippen LogP contribution in [0.1, 0.15) is 82.3 Å². The van der Waals surface area contributed by atoms with Gasteiger partial charge >= 0.3 is 18.0 Å². The number of nitriles is 1. The van der Waals surface area contributed by atoms with Crippen molar-refractivity contribution in [1.82, 2.24) is 10.6 Å². The third-order valence-corrected chi connectivity index (χ3v) is 9.60. The number of esters is 2. The predicted octanol–water partition coefficient (Wildman–Crippen LogP) is 7.85. The molecular weight excluding hydrogens is 785 g/mol. The molecule has 3 N–H and O–H groups in total. The van der Waals surface area contributed by atoms with E-state index in [1.807, 2.05) is 20.8 Å². The first kappa shape index (κ1) is 44.7. The van der Waals surface area contributed by atoms with Crippen LogP contribution in [-0.2, 0) is 29.2 Å². The summed E-state index contributed by atoms with van der Waals surface area (Å²) in [5, 5.41) is 19.3. The maximum Gasteiger partial charge on any atom is 0.408 e. The summed E-state index contributed by atoms with van der Waals surface area (Å²) >= 11 is 12.4. The van der Waals surface area contributed by atoms with Gasteiger partial charge in [0.2, 0.25) is 5.91 Å². The lowest BCUT2D eigenvalue weighted by atomic mass is 9.62. The van der Waals surface area contributed by atoms with Gasteiger partial charge in [-0.1, -0.05) is 62.2 Å². The largest absolute Gasteiger partial charge is 0.495 e. The van der Waals surface area contributed by atoms with Crippen molar-refractivity contribution in [3.8, 4) is 11.8 Å². The molecule has 306 valence electrons. The Balaban J connectivity index is 1.58. The molecule has 0 radical (unpaired) electrons. The molecule has 0 bridgehead atoms. The lowest BCUT2D eigenvalue weighted by Gasteiger charge is -2.37. The van der Waals surface area contributed by atoms with Gasteiger partial charge < -0.3 is 34.9 Å². The van der Waals surface area contributed by atoms with Crippen molar-refractivity contribution in [3.05, 3.63) is 93.0 Å². The molecule has 16 heteroatoms. The molecule has 3 aromatic carbocycles. The summed E-state index contributed by atoms with van der Waals surface area (Å²) in [6, 6.07) is 11.3. The minimum absolute atomic E-state index is 0.0287. The lowest BCUT2D eigenvalue weighted by molar-refractivity contribution is -0.146. The highest BCUT2D eigenvalue weighted by molar-refractivity contribution is 6.31. The average Bonchev–Trinajstić information content (AvgIpc) is 3.43. The van der Waals surface area contributed by atoms with E-state index in [0.29, 0.717) is 0 Å². The second kappa shape index (κ2) is 18.1. The van der Waals surface area contributed by atoms with Crippen molar-refractivity contribution in [2.24, 2.45) is 5.41 Å². The highest BCUT2D eigenvalue weighted by Gasteiger charge is 2.61. The summed E-state index contributed by atoms with van der Waals surface area (Å²) in [6.07, 6.45) is -0.526. The number of hydrogen-bond donors (Lipinski definition) is 3. The van der Waals surface area contributed by atoms with Crippen LogP contribution in [0.25, 0.3) is 0 Å². The fourth-order valence-electron chi connectivity index (χ4n) is 6.72. The number of anilines is 1. The fraction of sp³-hybridized carbons (Fsp3) is 0.439. The van der Waals surface area contributed by atoms with Gasteiger partial charge in [-0.2, -0.15) is 5.26 Å². The molecule has 1 fully saturated rings. The number of carbonyl (C=O) groups is 4. The van der Waals surface area contributed by atoms with Crippen molar-refractivity contribution in [2.45, 2.75) is 89.9 Å². The number of amides is 2. The molecule has 1 heterocycles. The molecule has 4 rings (SSSR count). The molecule has 1 unspecified atom stereocenters. The van der Waals surface area contributed by atoms with Crippen molar-refractivity contribution in [1.29, 1.82) is 5.26 Å². The molecule has 1 aliphatic rings. The Labute approximate surface area is 340 Å². The van der Waals surface area contributed by atoms with E-state index in [1.165, 1.54) is 62.6 Å². The summed E-state index contributed by atoms with van der Waals surface area (Å²) in [5.41, 5.74) is -3.05. The zero-order chi connectivity index (χ0) is 42.5. The van der Waals surface area contributed by atoms with E-state index in [-0.39, 0.29) is 57.8 Å². The molecule has 1 saturated heterocycles. The van der Waals surface area contributed by atoms with E-state index >= 15 is 8.78 Å². The van der Waals surface area contributed by atoms with Crippen molar-refractivity contribution >= 4 is 52.8 Å². The fourth-order valence-corrected chi connectivity index (χ4v) is 7.06. The molecular formula is C41H46Cl2F2N4O8. The quantitative estimate of drug-likeness (QED) is 0.0930. The first-order valence-corrected chi connectivity index (χ1v) is 18.8. The highest BCUT2D eigenvalue weighted by Crippen LogP contribution is 2.53. The maximum atomic E-state index is 16.0. The van der Waals surface area contributed by atoms with Gasteiger partial charge in [0.25, 0.3) is 0 Å². The van der Waals surface area contributed by atoms with Crippen molar-refractivity contribution in [2.75, 3.05) is 25.6 Å². The first-order chi connectivity index (χ1) is 26.6. The smallest absolute Gasteiger partial charge is 0.408 e.